The van der Waals surface area contributed by atoms with Crippen LogP contribution in [-0.4, -0.2) is 123 Å². The Morgan fingerprint density at radius 2 is 0.267 bits per heavy atom. The maximum absolute atomic E-state index is 7.44. The van der Waals surface area contributed by atoms with E-state index in [9.17, 15) is 0 Å². The molecule has 0 radical (unpaired) electrons. The van der Waals surface area contributed by atoms with E-state index in [1.165, 1.54) is 0 Å². The lowest BCUT2D eigenvalue weighted by Gasteiger charge is -2.63. The second kappa shape index (κ2) is 30.7. The van der Waals surface area contributed by atoms with Gasteiger partial charge in [0.2, 0.25) is 0 Å². The molecule has 0 saturated carbocycles. The van der Waals surface area contributed by atoms with E-state index in [2.05, 4.69) is 0 Å². The lowest BCUT2D eigenvalue weighted by Crippen LogP contribution is -2.88. The third-order valence-corrected chi connectivity index (χ3v) is 46.8. The molecule has 6 heterocycles. The second-order valence-corrected chi connectivity index (χ2v) is 38.6. The van der Waals surface area contributed by atoms with Crippen LogP contribution in [-0.2, 0) is 49.4 Å². The zero-order chi connectivity index (χ0) is 37.5. The highest BCUT2D eigenvalue weighted by Gasteiger charge is 2.82. The lowest BCUT2D eigenvalue weighted by atomic mass is 10.5. The Morgan fingerprint density at radius 3 is 0.333 bits per heavy atom. The minimum Gasteiger partial charge on any atom is -0.373 e. The van der Waals surface area contributed by atoms with Crippen molar-refractivity contribution in [2.45, 2.75) is 99.7 Å². The first-order valence-electron chi connectivity index (χ1n) is 19.0. The van der Waals surface area contributed by atoms with Crippen molar-refractivity contribution >= 4 is 170 Å². The van der Waals surface area contributed by atoms with Crippen LogP contribution in [0, 0.1) is 0 Å². The average Bonchev–Trinajstić information content (AvgIpc) is 3.08. The molecule has 0 spiro atoms. The normalized spacial score (nSPS) is 35.6. The molecule has 20 nitrogen and oxygen atoms in total. The van der Waals surface area contributed by atoms with Crippen LogP contribution in [0.2, 0.25) is 48.4 Å². The predicted octanol–water partition coefficient (Wildman–Crippen LogP) is 1.93. The first kappa shape index (κ1) is 69.8. The third-order valence-electron chi connectivity index (χ3n) is 9.23. The van der Waals surface area contributed by atoms with Gasteiger partial charge in [-0.25, -0.2) is 0 Å². The summed E-state index contributed by atoms with van der Waals surface area (Å²) >= 11 is 0. The number of nitrogens with two attached hydrogens (primary N) is 8. The minimum atomic E-state index is -4.02. The fourth-order valence-corrected chi connectivity index (χ4v) is 57.8. The van der Waals surface area contributed by atoms with Gasteiger partial charge in [-0.2, -0.15) is 0 Å². The minimum absolute atomic E-state index is 0. The molecule has 0 aromatic carbocycles. The van der Waals surface area contributed by atoms with E-state index >= 15 is 0 Å². The Labute approximate surface area is 413 Å². The van der Waals surface area contributed by atoms with Crippen molar-refractivity contribution in [3.63, 3.8) is 0 Å². The second-order valence-electron chi connectivity index (χ2n) is 13.8. The van der Waals surface area contributed by atoms with Gasteiger partial charge in [-0.3, -0.25) is 0 Å². The largest absolute Gasteiger partial charge is 0.478 e. The van der Waals surface area contributed by atoms with Gasteiger partial charge in [0.05, 0.1) is 0 Å². The maximum Gasteiger partial charge on any atom is 0.478 e. The van der Waals surface area contributed by atoms with Crippen LogP contribution >= 0.6 is 99.3 Å². The Bertz CT molecular complexity index is 868. The highest BCUT2D eigenvalue weighted by Crippen LogP contribution is 2.54. The first-order valence-corrected chi connectivity index (χ1v) is 34.4. The average molecular weight is 1170 g/mol. The Balaban J connectivity index is -0.00000196. The van der Waals surface area contributed by atoms with Gasteiger partial charge in [-0.1, -0.05) is 0 Å². The fraction of sp³-hybridized carbons (Fsp3) is 1.00. The first-order chi connectivity index (χ1) is 25.0. The molecule has 368 valence electrons. The Morgan fingerprint density at radius 1 is 0.183 bits per heavy atom. The highest BCUT2D eigenvalue weighted by atomic mass is 35.5. The summed E-state index contributed by atoms with van der Waals surface area (Å²) in [6.45, 7) is 2.72. The molecule has 6 fully saturated rings. The monoisotopic (exact) mass is 1170 g/mol. The highest BCUT2D eigenvalue weighted by molar-refractivity contribution is 7.03. The molecule has 0 aromatic heterocycles. The number of rotatable bonds is 24. The lowest BCUT2D eigenvalue weighted by molar-refractivity contribution is -0.0309. The molecular formula is C24H72Cl8N8O12Si8. The standard InChI is InChI=1S/C24H64N8O12Si8.8ClH/c25-9-1-17-45-33-46(18-2-10-26)36-49(21-5-13-29)38-47(34-45,19-3-11-27)40-51(23-7-15-31)41-48(35-45,20-4-12-28)39-50(37-46,22-6-14-30)43-52(42-49,44-51)24-8-16-32;;;;;;;;/h1-32H2;8*1H. The van der Waals surface area contributed by atoms with Crippen molar-refractivity contribution in [2.75, 3.05) is 52.4 Å². The van der Waals surface area contributed by atoms with Gasteiger partial charge in [0, 0.05) is 48.4 Å². The van der Waals surface area contributed by atoms with Crippen LogP contribution in [0.1, 0.15) is 51.4 Å². The molecule has 6 aliphatic rings. The van der Waals surface area contributed by atoms with E-state index in [0.29, 0.717) is 152 Å². The van der Waals surface area contributed by atoms with Crippen LogP contribution in [0.3, 0.4) is 0 Å². The Hall–Kier alpha value is 3.26. The molecular weight excluding hydrogens is 1100 g/mol. The molecule has 60 heavy (non-hydrogen) atoms. The smallest absolute Gasteiger partial charge is 0.373 e. The molecule has 0 unspecified atom stereocenters. The Kier molecular flexibility index (Phi) is 35.7. The SMILES string of the molecule is Cl.Cl.Cl.Cl.Cl.Cl.Cl.Cl.NCCC[Si]12O[Si]3(CCCN)O[Si]4(CCCN)O[Si](CCCN)(O1)O[Si]1(CCCN)O[Si](CCCN)(O2)O[Si](CCCN)(O3)O[Si](CCCN)(O4)O1. The summed E-state index contributed by atoms with van der Waals surface area (Å²) < 4.78 is 89.3. The van der Waals surface area contributed by atoms with Gasteiger partial charge in [-0.05, 0) is 104 Å². The van der Waals surface area contributed by atoms with Gasteiger partial charge >= 0.3 is 70.4 Å². The molecule has 0 aromatic rings. The molecule has 6 rings (SSSR count). The third kappa shape index (κ3) is 16.7. The predicted molar refractivity (Wildman–Crippen MR) is 265 cm³/mol. The van der Waals surface area contributed by atoms with Crippen molar-refractivity contribution in [1.29, 1.82) is 0 Å². The van der Waals surface area contributed by atoms with Crippen LogP contribution in [0.25, 0.3) is 0 Å². The van der Waals surface area contributed by atoms with Gasteiger partial charge in [0.25, 0.3) is 0 Å². The molecule has 6 aliphatic heterocycles. The number of hydrogen-bond acceptors (Lipinski definition) is 20. The molecule has 0 aliphatic carbocycles. The number of hydrogen-bond donors (Lipinski definition) is 8. The summed E-state index contributed by atoms with van der Waals surface area (Å²) in [4.78, 5) is 0. The molecule has 36 heteroatoms. The van der Waals surface area contributed by atoms with Crippen LogP contribution in [0.15, 0.2) is 0 Å². The van der Waals surface area contributed by atoms with Gasteiger partial charge in [0.1, 0.15) is 0 Å². The summed E-state index contributed by atoms with van der Waals surface area (Å²) in [5.74, 6) is 0. The summed E-state index contributed by atoms with van der Waals surface area (Å²) in [6.07, 6.45) is 3.97. The van der Waals surface area contributed by atoms with Crippen molar-refractivity contribution in [3.8, 4) is 0 Å². The molecule has 0 atom stereocenters. The van der Waals surface area contributed by atoms with Crippen LogP contribution < -0.4 is 45.9 Å². The zero-order valence-corrected chi connectivity index (χ0v) is 48.3. The quantitative estimate of drug-likeness (QED) is 0.0640. The van der Waals surface area contributed by atoms with E-state index in [1.54, 1.807) is 0 Å². The van der Waals surface area contributed by atoms with E-state index in [0.717, 1.165) is 0 Å². The molecule has 0 amide bonds. The summed E-state index contributed by atoms with van der Waals surface area (Å²) in [5.41, 5.74) is 49.3. The summed E-state index contributed by atoms with van der Waals surface area (Å²) in [6, 6.07) is 2.38. The topological polar surface area (TPSA) is 319 Å². The van der Waals surface area contributed by atoms with Gasteiger partial charge < -0.3 is 95.3 Å². The fourth-order valence-electron chi connectivity index (χ4n) is 7.12. The van der Waals surface area contributed by atoms with E-state index in [4.69, 9.17) is 95.3 Å². The van der Waals surface area contributed by atoms with Crippen molar-refractivity contribution in [1.82, 2.24) is 0 Å². The van der Waals surface area contributed by atoms with Crippen molar-refractivity contribution < 1.29 is 49.4 Å². The van der Waals surface area contributed by atoms with Crippen LogP contribution in [0.5, 0.6) is 0 Å². The van der Waals surface area contributed by atoms with E-state index < -0.39 is 70.4 Å². The maximum atomic E-state index is 7.44. The molecule has 6 saturated heterocycles. The molecule has 8 bridgehead atoms. The van der Waals surface area contributed by atoms with Crippen molar-refractivity contribution in [2.24, 2.45) is 45.9 Å². The summed E-state index contributed by atoms with van der Waals surface area (Å²) in [7, 11) is -32.2. The van der Waals surface area contributed by atoms with E-state index in [1.807, 2.05) is 0 Å². The van der Waals surface area contributed by atoms with Gasteiger partial charge in [0.15, 0.2) is 0 Å². The van der Waals surface area contributed by atoms with Crippen molar-refractivity contribution in [3.05, 3.63) is 0 Å². The molecule has 16 N–H and O–H groups in total. The zero-order valence-electron chi connectivity index (χ0n) is 33.8. The van der Waals surface area contributed by atoms with E-state index in [-0.39, 0.29) is 99.3 Å². The summed E-state index contributed by atoms with van der Waals surface area (Å²) in [5, 5.41) is 0. The van der Waals surface area contributed by atoms with Gasteiger partial charge in [-0.15, -0.1) is 99.3 Å². The number of halogens is 8. The van der Waals surface area contributed by atoms with Crippen LogP contribution in [0.4, 0.5) is 0 Å².